The molecule has 12 rings (SSSR count). The van der Waals surface area contributed by atoms with E-state index in [1.807, 2.05) is 66.7 Å². The molecular formula is C51H56N10O5. The molecule has 1 atom stereocenters. The molecule has 7 heterocycles. The number of anilines is 2. The van der Waals surface area contributed by atoms with Crippen molar-refractivity contribution in [1.29, 1.82) is 0 Å². The first kappa shape index (κ1) is 41.3. The van der Waals surface area contributed by atoms with Crippen LogP contribution in [-0.4, -0.2) is 115 Å². The quantitative estimate of drug-likeness (QED) is 0.160. The summed E-state index contributed by atoms with van der Waals surface area (Å²) >= 11 is 0. The highest BCUT2D eigenvalue weighted by atomic mass is 16.5. The first-order valence-corrected chi connectivity index (χ1v) is 24.0. The van der Waals surface area contributed by atoms with Crippen molar-refractivity contribution >= 4 is 46.2 Å². The Morgan fingerprint density at radius 3 is 1.98 bits per heavy atom. The van der Waals surface area contributed by atoms with Gasteiger partial charge in [-0.15, -0.1) is 0 Å². The molecule has 15 nitrogen and oxygen atoms in total. The lowest BCUT2D eigenvalue weighted by Crippen LogP contribution is -2.60. The van der Waals surface area contributed by atoms with Crippen molar-refractivity contribution in [1.82, 2.24) is 39.8 Å². The first-order chi connectivity index (χ1) is 32.1. The molecule has 1 unspecified atom stereocenters. The minimum Gasteiger partial charge on any atom is -0.457 e. The SMILES string of the molecule is Nc1ncnc2c1c(-c1ccc(Oc3ccccc3)cc1)nn2C1CCN(C2CC3(CCN(C4CC5(CCN(c6ccc7c(c6)C(=O)N(C6CCC(=O)NC6=O)C7=O)CC5)C4)CC3)C2)CC1. The Morgan fingerprint density at radius 1 is 0.667 bits per heavy atom. The number of carbonyl (C=O) groups is 4. The largest absolute Gasteiger partial charge is 0.457 e. The number of nitrogens with zero attached hydrogens (tertiary/aromatic N) is 8. The minimum atomic E-state index is -0.951. The van der Waals surface area contributed by atoms with Crippen LogP contribution >= 0.6 is 0 Å². The molecular weight excluding hydrogens is 833 g/mol. The van der Waals surface area contributed by atoms with Gasteiger partial charge in [0.25, 0.3) is 11.8 Å². The highest BCUT2D eigenvalue weighted by Crippen LogP contribution is 2.56. The van der Waals surface area contributed by atoms with Crippen molar-refractivity contribution in [2.45, 2.75) is 101 Å². The summed E-state index contributed by atoms with van der Waals surface area (Å²) in [5.41, 5.74) is 11.6. The van der Waals surface area contributed by atoms with Gasteiger partial charge >= 0.3 is 0 Å². The van der Waals surface area contributed by atoms with Crippen LogP contribution in [0.25, 0.3) is 22.3 Å². The van der Waals surface area contributed by atoms with Crippen molar-refractivity contribution in [2.75, 3.05) is 49.9 Å². The van der Waals surface area contributed by atoms with E-state index < -0.39 is 23.8 Å². The Hall–Kier alpha value is -6.19. The third-order valence-corrected chi connectivity index (χ3v) is 16.6. The Labute approximate surface area is 383 Å². The van der Waals surface area contributed by atoms with Gasteiger partial charge in [-0.1, -0.05) is 18.2 Å². The van der Waals surface area contributed by atoms with Crippen LogP contribution in [-0.2, 0) is 9.59 Å². The van der Waals surface area contributed by atoms with Crippen LogP contribution in [0.5, 0.6) is 11.5 Å². The second-order valence-electron chi connectivity index (χ2n) is 20.3. The molecule has 2 aliphatic carbocycles. The van der Waals surface area contributed by atoms with Gasteiger partial charge in [0.15, 0.2) is 5.65 Å². The van der Waals surface area contributed by atoms with E-state index in [9.17, 15) is 19.2 Å². The van der Waals surface area contributed by atoms with Crippen LogP contribution in [0.3, 0.4) is 0 Å². The van der Waals surface area contributed by atoms with Crippen molar-refractivity contribution in [2.24, 2.45) is 10.8 Å². The molecule has 5 aliphatic heterocycles. The number of rotatable bonds is 8. The fraction of sp³-hybridized carbons (Fsp3) is 0.471. The van der Waals surface area contributed by atoms with Gasteiger partial charge < -0.3 is 25.2 Å². The smallest absolute Gasteiger partial charge is 0.262 e. The average molecular weight is 889 g/mol. The summed E-state index contributed by atoms with van der Waals surface area (Å²) in [5.74, 6) is 0.135. The summed E-state index contributed by atoms with van der Waals surface area (Å²) in [7, 11) is 0. The van der Waals surface area contributed by atoms with Crippen molar-refractivity contribution in [3.63, 3.8) is 0 Å². The number of amides is 4. The number of ether oxygens (including phenoxy) is 1. The lowest BCUT2D eigenvalue weighted by molar-refractivity contribution is -0.136. The Kier molecular flexibility index (Phi) is 10.0. The molecule has 66 heavy (non-hydrogen) atoms. The number of hydrogen-bond donors (Lipinski definition) is 2. The maximum atomic E-state index is 13.4. The molecule has 3 aromatic carbocycles. The van der Waals surface area contributed by atoms with Gasteiger partial charge in [0.2, 0.25) is 11.8 Å². The van der Waals surface area contributed by atoms with E-state index in [1.54, 1.807) is 12.4 Å². The number of hydrogen-bond acceptors (Lipinski definition) is 12. The van der Waals surface area contributed by atoms with Gasteiger partial charge in [-0.05, 0) is 149 Å². The first-order valence-electron chi connectivity index (χ1n) is 24.0. The number of likely N-dealkylation sites (tertiary alicyclic amines) is 2. The number of para-hydroxylation sites is 1. The molecule has 15 heteroatoms. The van der Waals surface area contributed by atoms with E-state index in [0.717, 1.165) is 96.2 Å². The number of nitrogens with two attached hydrogens (primary N) is 1. The van der Waals surface area contributed by atoms with Gasteiger partial charge in [-0.25, -0.2) is 14.6 Å². The Bertz CT molecular complexity index is 2720. The zero-order chi connectivity index (χ0) is 44.7. The summed E-state index contributed by atoms with van der Waals surface area (Å²) in [6, 6.07) is 23.9. The summed E-state index contributed by atoms with van der Waals surface area (Å²) < 4.78 is 8.15. The third-order valence-electron chi connectivity index (χ3n) is 16.6. The van der Waals surface area contributed by atoms with Crippen LogP contribution < -0.4 is 20.7 Å². The van der Waals surface area contributed by atoms with E-state index in [4.69, 9.17) is 20.6 Å². The molecule has 340 valence electrons. The van der Waals surface area contributed by atoms with E-state index in [0.29, 0.717) is 39.9 Å². The van der Waals surface area contributed by atoms with E-state index in [-0.39, 0.29) is 24.8 Å². The molecule has 6 fully saturated rings. The molecule has 2 spiro atoms. The highest BCUT2D eigenvalue weighted by molar-refractivity contribution is 6.23. The van der Waals surface area contributed by atoms with Crippen LogP contribution in [0.1, 0.15) is 104 Å². The normalized spacial score (nSPS) is 24.7. The number of aromatic nitrogens is 4. The number of benzene rings is 3. The molecule has 5 aromatic rings. The lowest BCUT2D eigenvalue weighted by Gasteiger charge is -2.60. The summed E-state index contributed by atoms with van der Waals surface area (Å²) in [4.78, 5) is 68.8. The lowest BCUT2D eigenvalue weighted by atomic mass is 9.57. The minimum absolute atomic E-state index is 0.110. The summed E-state index contributed by atoms with van der Waals surface area (Å²) in [5, 5.41) is 8.25. The standard InChI is InChI=1S/C51H56N10O5/c52-45-43-44(32-6-9-38(10-7-32)66-37-4-2-1-3-5-37)56-61(46(43)54-31-53-45)33-14-20-57(21-15-33)35-27-51(28-35)18-24-59(25-19-51)36-29-50(30-36)16-22-58(23-17-50)34-8-11-39-40(26-34)49(65)60(48(39)64)41-12-13-42(62)55-47(41)63/h1-11,26,31,33,35-36,41H,12-25,27-30H2,(H2,52,53,54)(H,55,62,63). The maximum Gasteiger partial charge on any atom is 0.262 e. The zero-order valence-electron chi connectivity index (χ0n) is 37.2. The van der Waals surface area contributed by atoms with Gasteiger partial charge in [0.05, 0.1) is 22.6 Å². The topological polar surface area (TPSA) is 172 Å². The zero-order valence-corrected chi connectivity index (χ0v) is 37.2. The monoisotopic (exact) mass is 888 g/mol. The maximum absolute atomic E-state index is 13.4. The van der Waals surface area contributed by atoms with Gasteiger partial charge in [0, 0.05) is 55.9 Å². The fourth-order valence-corrected chi connectivity index (χ4v) is 12.7. The van der Waals surface area contributed by atoms with E-state index in [1.165, 1.54) is 51.6 Å². The summed E-state index contributed by atoms with van der Waals surface area (Å²) in [6.45, 7) is 6.40. The molecule has 0 radical (unpaired) electrons. The van der Waals surface area contributed by atoms with Gasteiger partial charge in [-0.3, -0.25) is 29.4 Å². The van der Waals surface area contributed by atoms with E-state index >= 15 is 0 Å². The van der Waals surface area contributed by atoms with Gasteiger partial charge in [-0.2, -0.15) is 5.10 Å². The van der Waals surface area contributed by atoms with E-state index in [2.05, 4.69) is 29.7 Å². The van der Waals surface area contributed by atoms with Gasteiger partial charge in [0.1, 0.15) is 35.4 Å². The molecule has 2 saturated carbocycles. The number of imide groups is 2. The number of piperidine rings is 4. The Balaban J connectivity index is 0.605. The second kappa shape index (κ2) is 16.0. The Morgan fingerprint density at radius 2 is 1.30 bits per heavy atom. The third kappa shape index (κ3) is 7.13. The van der Waals surface area contributed by atoms with Crippen molar-refractivity contribution < 1.29 is 23.9 Å². The molecule has 0 bridgehead atoms. The number of carbonyl (C=O) groups excluding carboxylic acids is 4. The second-order valence-corrected chi connectivity index (χ2v) is 20.3. The molecule has 4 amide bonds. The molecule has 4 saturated heterocycles. The van der Waals surface area contributed by atoms with Crippen LogP contribution in [0, 0.1) is 10.8 Å². The molecule has 2 aromatic heterocycles. The predicted molar refractivity (Wildman–Crippen MR) is 248 cm³/mol. The predicted octanol–water partition coefficient (Wildman–Crippen LogP) is 6.60. The van der Waals surface area contributed by atoms with Crippen LogP contribution in [0.15, 0.2) is 79.1 Å². The highest BCUT2D eigenvalue weighted by Gasteiger charge is 2.53. The number of fused-ring (bicyclic) bond motifs is 2. The molecule has 7 aliphatic rings. The number of nitrogens with one attached hydrogen (secondary N) is 1. The summed E-state index contributed by atoms with van der Waals surface area (Å²) in [6.07, 6.45) is 13.9. The number of nitrogen functional groups attached to an aromatic ring is 1. The van der Waals surface area contributed by atoms with Crippen LogP contribution in [0.4, 0.5) is 11.5 Å². The fourth-order valence-electron chi connectivity index (χ4n) is 12.7. The average Bonchev–Trinajstić information content (AvgIpc) is 3.83. The van der Waals surface area contributed by atoms with Crippen molar-refractivity contribution in [3.8, 4) is 22.8 Å². The van der Waals surface area contributed by atoms with Crippen molar-refractivity contribution in [3.05, 3.63) is 90.3 Å². The molecule has 3 N–H and O–H groups in total. The van der Waals surface area contributed by atoms with Crippen LogP contribution in [0.2, 0.25) is 0 Å².